The Hall–Kier alpha value is -1.17. The molecule has 3 amide bonds. The first-order valence-electron chi connectivity index (χ1n) is 13.6. The van der Waals surface area contributed by atoms with Gasteiger partial charge in [-0.15, -0.1) is 0 Å². The highest BCUT2D eigenvalue weighted by Crippen LogP contribution is 2.40. The molecule has 1 aliphatic carbocycles. The Morgan fingerprint density at radius 2 is 1.91 bits per heavy atom. The van der Waals surface area contributed by atoms with Crippen molar-refractivity contribution in [1.29, 1.82) is 0 Å². The summed E-state index contributed by atoms with van der Waals surface area (Å²) in [6.07, 6.45) is 16.5. The van der Waals surface area contributed by atoms with Crippen LogP contribution in [0, 0.1) is 0 Å². The van der Waals surface area contributed by atoms with Crippen LogP contribution in [0.1, 0.15) is 96.8 Å². The van der Waals surface area contributed by atoms with E-state index in [4.69, 9.17) is 12.6 Å². The number of piperidine rings is 1. The molecule has 3 atom stereocenters. The number of morpholine rings is 1. The summed E-state index contributed by atoms with van der Waals surface area (Å²) in [4.78, 5) is 26.1. The monoisotopic (exact) mass is 456 g/mol. The van der Waals surface area contributed by atoms with E-state index in [1.807, 2.05) is 4.90 Å². The number of carbonyl (C=O) groups excluding carboxylic acids is 2. The van der Waals surface area contributed by atoms with E-state index in [9.17, 15) is 9.59 Å². The van der Waals surface area contributed by atoms with Gasteiger partial charge in [-0.1, -0.05) is 95.0 Å². The van der Waals surface area contributed by atoms with Crippen molar-refractivity contribution < 1.29 is 14.3 Å². The second-order valence-corrected chi connectivity index (χ2v) is 10.6. The van der Waals surface area contributed by atoms with Gasteiger partial charge >= 0.3 is 6.03 Å². The van der Waals surface area contributed by atoms with Gasteiger partial charge in [0, 0.05) is 19.6 Å². The van der Waals surface area contributed by atoms with Gasteiger partial charge in [-0.2, -0.15) is 0 Å². The van der Waals surface area contributed by atoms with Gasteiger partial charge in [0.1, 0.15) is 13.9 Å². The summed E-state index contributed by atoms with van der Waals surface area (Å²) in [5.74, 6) is 0.434. The smallest absolute Gasteiger partial charge is 0.317 e. The summed E-state index contributed by atoms with van der Waals surface area (Å²) in [7, 11) is 9.40. The Balaban J connectivity index is 1.41. The second kappa shape index (κ2) is 13.7. The van der Waals surface area contributed by atoms with Crippen molar-refractivity contribution in [3.63, 3.8) is 0 Å². The Kier molecular flexibility index (Phi) is 10.9. The lowest BCUT2D eigenvalue weighted by atomic mass is 9.34. The fourth-order valence-corrected chi connectivity index (χ4v) is 5.71. The lowest BCUT2D eigenvalue weighted by molar-refractivity contribution is -0.139. The van der Waals surface area contributed by atoms with E-state index in [0.717, 1.165) is 32.1 Å². The lowest BCUT2D eigenvalue weighted by Gasteiger charge is -2.41. The van der Waals surface area contributed by atoms with E-state index in [1.54, 1.807) is 0 Å². The largest absolute Gasteiger partial charge is 0.366 e. The molecule has 3 rings (SSSR count). The Labute approximate surface area is 203 Å². The number of hydrogen-bond acceptors (Lipinski definition) is 3. The van der Waals surface area contributed by atoms with Crippen molar-refractivity contribution in [2.24, 2.45) is 0 Å². The normalized spacial score (nSPS) is 26.7. The fourth-order valence-electron chi connectivity index (χ4n) is 5.71. The topological polar surface area (TPSA) is 70.7 Å². The van der Waals surface area contributed by atoms with Crippen molar-refractivity contribution in [2.75, 3.05) is 26.2 Å². The number of unbranched alkanes of at least 4 members (excludes halogenated alkanes) is 1. The van der Waals surface area contributed by atoms with Gasteiger partial charge < -0.3 is 20.3 Å². The summed E-state index contributed by atoms with van der Waals surface area (Å²) in [6, 6.07) is -0.124. The first kappa shape index (κ1) is 26.4. The third-order valence-corrected chi connectivity index (χ3v) is 7.67. The van der Waals surface area contributed by atoms with E-state index in [2.05, 4.69) is 24.8 Å². The molecule has 0 bridgehead atoms. The zero-order valence-corrected chi connectivity index (χ0v) is 20.8. The van der Waals surface area contributed by atoms with Crippen LogP contribution in [0.3, 0.4) is 0 Å². The minimum absolute atomic E-state index is 0.0303. The van der Waals surface area contributed by atoms with Crippen LogP contribution in [0.5, 0.6) is 0 Å². The first-order valence-corrected chi connectivity index (χ1v) is 13.6. The van der Waals surface area contributed by atoms with Gasteiger partial charge in [-0.25, -0.2) is 4.79 Å². The van der Waals surface area contributed by atoms with Crippen molar-refractivity contribution in [3.8, 4) is 0 Å². The van der Waals surface area contributed by atoms with Crippen molar-refractivity contribution >= 4 is 27.1 Å². The van der Waals surface area contributed by atoms with Crippen LogP contribution in [0.25, 0.3) is 0 Å². The van der Waals surface area contributed by atoms with E-state index in [1.165, 1.54) is 57.8 Å². The van der Waals surface area contributed by atoms with Crippen molar-refractivity contribution in [3.05, 3.63) is 0 Å². The number of carbonyl (C=O) groups is 2. The number of ether oxygens (including phenoxy) is 1. The zero-order chi connectivity index (χ0) is 23.5. The van der Waals surface area contributed by atoms with E-state index in [0.29, 0.717) is 25.5 Å². The van der Waals surface area contributed by atoms with Crippen molar-refractivity contribution in [2.45, 2.75) is 120 Å². The first-order chi connectivity index (χ1) is 16.0. The average Bonchev–Trinajstić information content (AvgIpc) is 2.91. The number of urea groups is 1. The highest BCUT2D eigenvalue weighted by molar-refractivity contribution is 6.55. The van der Waals surface area contributed by atoms with Gasteiger partial charge in [0.15, 0.2) is 0 Å². The Morgan fingerprint density at radius 3 is 2.64 bits per heavy atom. The maximum Gasteiger partial charge on any atom is 0.317 e. The van der Waals surface area contributed by atoms with Crippen LogP contribution in [0.15, 0.2) is 0 Å². The number of fused-ring (bicyclic) bond motifs is 1. The summed E-state index contributed by atoms with van der Waals surface area (Å²) in [6.45, 7) is 4.25. The molecule has 2 aliphatic heterocycles. The average molecular weight is 456 g/mol. The molecule has 33 heavy (non-hydrogen) atoms. The molecule has 3 radical (unpaired) electrons. The lowest BCUT2D eigenvalue weighted by Crippen LogP contribution is -2.62. The van der Waals surface area contributed by atoms with Crippen LogP contribution in [0.4, 0.5) is 4.79 Å². The molecule has 0 aromatic heterocycles. The van der Waals surface area contributed by atoms with Gasteiger partial charge in [0.2, 0.25) is 5.91 Å². The minimum atomic E-state index is -0.122. The van der Waals surface area contributed by atoms with Crippen LogP contribution in [-0.4, -0.2) is 70.4 Å². The SMILES string of the molecule is [B]C1([B]C(CCCC)CCCNC(=O)N2CCC3OCC(=O)NC3C2)CCCCCCCC1. The van der Waals surface area contributed by atoms with Crippen molar-refractivity contribution in [1.82, 2.24) is 15.5 Å². The predicted molar refractivity (Wildman–Crippen MR) is 135 cm³/mol. The molecule has 0 spiro atoms. The van der Waals surface area contributed by atoms with Gasteiger partial charge in [0.25, 0.3) is 0 Å². The quantitative estimate of drug-likeness (QED) is 0.404. The highest BCUT2D eigenvalue weighted by atomic mass is 16.5. The number of nitrogens with one attached hydrogen (secondary N) is 2. The van der Waals surface area contributed by atoms with Crippen LogP contribution in [0.2, 0.25) is 11.0 Å². The molecular weight excluding hydrogens is 412 g/mol. The molecule has 3 unspecified atom stereocenters. The summed E-state index contributed by atoms with van der Waals surface area (Å²) in [5.41, 5.74) is 0. The molecule has 3 fully saturated rings. The minimum Gasteiger partial charge on any atom is -0.366 e. The molecule has 6 nitrogen and oxygen atoms in total. The number of amides is 3. The summed E-state index contributed by atoms with van der Waals surface area (Å²) in [5, 5.41) is 5.93. The Morgan fingerprint density at radius 1 is 1.21 bits per heavy atom. The molecule has 1 saturated carbocycles. The summed E-state index contributed by atoms with van der Waals surface area (Å²) >= 11 is 0. The van der Waals surface area contributed by atoms with E-state index < -0.39 is 0 Å². The number of hydrogen-bond donors (Lipinski definition) is 2. The molecule has 0 aromatic rings. The highest BCUT2D eigenvalue weighted by Gasteiger charge is 2.36. The fraction of sp³-hybridized carbons (Fsp3) is 0.920. The van der Waals surface area contributed by atoms with Crippen LogP contribution < -0.4 is 10.6 Å². The maximum atomic E-state index is 12.7. The maximum absolute atomic E-state index is 12.7. The predicted octanol–water partition coefficient (Wildman–Crippen LogP) is 4.17. The zero-order valence-electron chi connectivity index (χ0n) is 20.8. The molecule has 0 aromatic carbocycles. The number of nitrogens with zero attached hydrogens (tertiary/aromatic N) is 1. The van der Waals surface area contributed by atoms with Gasteiger partial charge in [-0.3, -0.25) is 4.79 Å². The third kappa shape index (κ3) is 8.84. The van der Waals surface area contributed by atoms with Crippen LogP contribution in [-0.2, 0) is 9.53 Å². The molecule has 2 heterocycles. The van der Waals surface area contributed by atoms with E-state index in [-0.39, 0.29) is 35.9 Å². The molecule has 3 aliphatic rings. The molecular formula is C25H44B2N3O3. The molecule has 2 saturated heterocycles. The third-order valence-electron chi connectivity index (χ3n) is 7.67. The standard InChI is InChI=1S/C25H44B2N3O3/c1-2-3-11-20(27-25(26)14-8-6-4-5-7-9-15-25)12-10-16-28-24(32)30-17-13-22-21(18-30)29-23(31)19-33-22/h20-22H,2-19H2,1H3,(H,28,32)(H,29,31). The molecule has 2 N–H and O–H groups in total. The van der Waals surface area contributed by atoms with E-state index >= 15 is 0 Å². The van der Waals surface area contributed by atoms with Gasteiger partial charge in [0.05, 0.1) is 20.0 Å². The number of rotatable bonds is 9. The Bertz CT molecular complexity index is 612. The summed E-state index contributed by atoms with van der Waals surface area (Å²) < 4.78 is 5.59. The van der Waals surface area contributed by atoms with Gasteiger partial charge in [-0.05, 0) is 12.8 Å². The molecule has 8 heteroatoms. The second-order valence-electron chi connectivity index (χ2n) is 10.6. The van der Waals surface area contributed by atoms with Crippen LogP contribution >= 0.6 is 0 Å². The molecule has 183 valence electrons. The number of likely N-dealkylation sites (tertiary alicyclic amines) is 1.